The number of fused-ring (bicyclic) bond motifs is 6. The van der Waals surface area contributed by atoms with Crippen LogP contribution in [0.5, 0.6) is 0 Å². The first-order valence-electron chi connectivity index (χ1n) is 16.8. The van der Waals surface area contributed by atoms with Gasteiger partial charge in [-0.25, -0.2) is 18.1 Å². The van der Waals surface area contributed by atoms with E-state index in [1.165, 1.54) is 28.2 Å². The van der Waals surface area contributed by atoms with Crippen molar-refractivity contribution in [3.8, 4) is 32.5 Å². The van der Waals surface area contributed by atoms with E-state index in [0.29, 0.717) is 85.1 Å². The lowest BCUT2D eigenvalue weighted by Gasteiger charge is -2.08. The molecule has 2 aromatic carbocycles. The summed E-state index contributed by atoms with van der Waals surface area (Å²) in [5.41, 5.74) is 5.53. The van der Waals surface area contributed by atoms with Crippen LogP contribution in [0.15, 0.2) is 59.5 Å². The molecule has 0 unspecified atom stereocenters. The van der Waals surface area contributed by atoms with E-state index in [-0.39, 0.29) is 27.7 Å². The van der Waals surface area contributed by atoms with E-state index in [1.807, 2.05) is 6.92 Å². The molecule has 7 nitrogen and oxygen atoms in total. The van der Waals surface area contributed by atoms with Gasteiger partial charge in [-0.05, 0) is 105 Å². The van der Waals surface area contributed by atoms with Gasteiger partial charge in [-0.3, -0.25) is 4.55 Å². The SMILES string of the molecule is Cc1cc2c(s1)-c1c(c(/C(F)=C/CCCC/C=C(\F)c3nn(-c4ccc(Cl)cc4Cl)c4c3Cc3c-4sc(C)c3S(=O)(=O)O)nn1-c1ccc(Cl)cc1Cl)C2. The molecule has 0 atom stereocenters. The van der Waals surface area contributed by atoms with Crippen molar-refractivity contribution in [2.75, 3.05) is 0 Å². The second-order valence-corrected chi connectivity index (χ2v) is 18.6. The van der Waals surface area contributed by atoms with Gasteiger partial charge in [0.1, 0.15) is 27.9 Å². The summed E-state index contributed by atoms with van der Waals surface area (Å²) in [5.74, 6) is -1.01. The van der Waals surface area contributed by atoms with Crippen LogP contribution in [-0.2, 0) is 23.0 Å². The van der Waals surface area contributed by atoms with E-state index in [9.17, 15) is 13.0 Å². The summed E-state index contributed by atoms with van der Waals surface area (Å²) >= 11 is 28.2. The summed E-state index contributed by atoms with van der Waals surface area (Å²) in [6, 6.07) is 12.1. The average molecular weight is 865 g/mol. The fourth-order valence-electron chi connectivity index (χ4n) is 7.21. The maximum absolute atomic E-state index is 16.0. The summed E-state index contributed by atoms with van der Waals surface area (Å²) < 4.78 is 69.7. The van der Waals surface area contributed by atoms with Crippen LogP contribution in [0, 0.1) is 13.8 Å². The minimum absolute atomic E-state index is 0.0539. The number of benzene rings is 2. The van der Waals surface area contributed by atoms with Crippen LogP contribution in [0.1, 0.15) is 69.1 Å². The average Bonchev–Trinajstić information content (AvgIpc) is 3.91. The summed E-state index contributed by atoms with van der Waals surface area (Å²) in [6.45, 7) is 3.65. The summed E-state index contributed by atoms with van der Waals surface area (Å²) in [4.78, 5) is 3.02. The van der Waals surface area contributed by atoms with Crippen molar-refractivity contribution in [1.29, 1.82) is 0 Å². The minimum Gasteiger partial charge on any atom is -0.282 e. The number of aryl methyl sites for hydroxylation is 2. The van der Waals surface area contributed by atoms with E-state index < -0.39 is 21.8 Å². The highest BCUT2D eigenvalue weighted by molar-refractivity contribution is 7.86. The zero-order valence-corrected chi connectivity index (χ0v) is 34.0. The van der Waals surface area contributed by atoms with E-state index in [2.05, 4.69) is 11.2 Å². The molecule has 0 fully saturated rings. The molecule has 2 aliphatic carbocycles. The van der Waals surface area contributed by atoms with Crippen molar-refractivity contribution >= 4 is 90.8 Å². The van der Waals surface area contributed by atoms with Crippen LogP contribution in [0.4, 0.5) is 8.78 Å². The van der Waals surface area contributed by atoms with E-state index >= 15 is 8.78 Å². The van der Waals surface area contributed by atoms with Gasteiger partial charge in [0.25, 0.3) is 10.1 Å². The third kappa shape index (κ3) is 6.58. The Balaban J connectivity index is 1.02. The standard InChI is InChI=1S/C38H28Cl4F2N4O3S3/c1-18-13-20-14-23-32(45-47(34(23)36(20)52-18)30-11-9-21(39)15-26(30)41)28(43)7-5-3-4-6-8-29(44)33-24-17-25-37(53-19(2)38(25)54(49,50)51)35(24)48(46-33)31-12-10-22(40)16-27(31)42/h7-13,15-16H,3-6,14,17H2,1-2H3,(H,49,50,51)/b28-7-,29-8-. The molecule has 2 aliphatic rings. The Kier molecular flexibility index (Phi) is 9.96. The minimum atomic E-state index is -4.53. The Hall–Kier alpha value is -3.33. The third-order valence-corrected chi connectivity index (χ3v) is 14.0. The van der Waals surface area contributed by atoms with Gasteiger partial charge >= 0.3 is 0 Å². The Morgan fingerprint density at radius 2 is 1.30 bits per heavy atom. The molecular formula is C38H28Cl4F2N4O3S3. The van der Waals surface area contributed by atoms with Gasteiger partial charge in [0, 0.05) is 43.8 Å². The summed E-state index contributed by atoms with van der Waals surface area (Å²) in [5, 5.41) is 10.9. The second-order valence-electron chi connectivity index (χ2n) is 13.1. The first-order chi connectivity index (χ1) is 25.7. The van der Waals surface area contributed by atoms with E-state index in [4.69, 9.17) is 51.5 Å². The lowest BCUT2D eigenvalue weighted by molar-refractivity contribution is 0.482. The quantitative estimate of drug-likeness (QED) is 0.109. The molecule has 0 saturated carbocycles. The Labute approximate surface area is 337 Å². The highest BCUT2D eigenvalue weighted by Crippen LogP contribution is 2.50. The number of rotatable bonds is 10. The highest BCUT2D eigenvalue weighted by atomic mass is 35.5. The van der Waals surface area contributed by atoms with Crippen LogP contribution in [-0.4, -0.2) is 32.5 Å². The van der Waals surface area contributed by atoms with Crippen LogP contribution >= 0.6 is 69.1 Å². The molecule has 6 aromatic rings. The fourth-order valence-corrected chi connectivity index (χ4v) is 11.8. The monoisotopic (exact) mass is 862 g/mol. The van der Waals surface area contributed by atoms with E-state index in [0.717, 1.165) is 26.6 Å². The molecule has 0 aliphatic heterocycles. The van der Waals surface area contributed by atoms with Crippen molar-refractivity contribution in [1.82, 2.24) is 19.6 Å². The second kappa shape index (κ2) is 14.3. The van der Waals surface area contributed by atoms with Crippen LogP contribution in [0.2, 0.25) is 20.1 Å². The third-order valence-electron chi connectivity index (χ3n) is 9.46. The number of hydrogen-bond donors (Lipinski definition) is 1. The Morgan fingerprint density at radius 1 is 0.778 bits per heavy atom. The predicted octanol–water partition coefficient (Wildman–Crippen LogP) is 12.7. The topological polar surface area (TPSA) is 90.0 Å². The lowest BCUT2D eigenvalue weighted by Crippen LogP contribution is -2.03. The summed E-state index contributed by atoms with van der Waals surface area (Å²) in [6.07, 6.45) is 5.47. The molecule has 1 N–H and O–H groups in total. The van der Waals surface area contributed by atoms with Crippen molar-refractivity contribution in [2.24, 2.45) is 0 Å². The Bertz CT molecular complexity index is 2710. The zero-order valence-electron chi connectivity index (χ0n) is 28.5. The van der Waals surface area contributed by atoms with Gasteiger partial charge in [-0.1, -0.05) is 46.4 Å². The fraction of sp³-hybridized carbons (Fsp3) is 0.211. The van der Waals surface area contributed by atoms with Crippen LogP contribution in [0.3, 0.4) is 0 Å². The van der Waals surface area contributed by atoms with Crippen molar-refractivity contribution in [3.63, 3.8) is 0 Å². The van der Waals surface area contributed by atoms with Gasteiger partial charge in [0.15, 0.2) is 0 Å². The number of allylic oxidation sites excluding steroid dienone is 2. The van der Waals surface area contributed by atoms with Crippen LogP contribution < -0.4 is 0 Å². The molecular weight excluding hydrogens is 836 g/mol. The van der Waals surface area contributed by atoms with Crippen molar-refractivity contribution < 1.29 is 21.8 Å². The predicted molar refractivity (Wildman–Crippen MR) is 215 cm³/mol. The molecule has 0 radical (unpaired) electrons. The molecule has 0 spiro atoms. The highest BCUT2D eigenvalue weighted by Gasteiger charge is 2.37. The smallest absolute Gasteiger partial charge is 0.282 e. The molecule has 0 amide bonds. The van der Waals surface area contributed by atoms with Crippen molar-refractivity contribution in [3.05, 3.63) is 118 Å². The molecule has 4 aromatic heterocycles. The molecule has 278 valence electrons. The first kappa shape index (κ1) is 37.6. The Morgan fingerprint density at radius 3 is 1.81 bits per heavy atom. The number of nitrogens with zero attached hydrogens (tertiary/aromatic N) is 4. The lowest BCUT2D eigenvalue weighted by atomic mass is 10.1. The molecule has 0 saturated heterocycles. The number of thiophene rings is 2. The molecule has 8 rings (SSSR count). The first-order valence-corrected chi connectivity index (χ1v) is 21.4. The van der Waals surface area contributed by atoms with Gasteiger partial charge in [0.05, 0.1) is 42.6 Å². The van der Waals surface area contributed by atoms with Gasteiger partial charge in [-0.2, -0.15) is 18.6 Å². The number of unbranched alkanes of at least 4 members (excludes halogenated alkanes) is 3. The van der Waals surface area contributed by atoms with Crippen LogP contribution in [0.25, 0.3) is 44.2 Å². The van der Waals surface area contributed by atoms with E-state index in [1.54, 1.807) is 59.3 Å². The number of aromatic nitrogens is 4. The summed E-state index contributed by atoms with van der Waals surface area (Å²) in [7, 11) is -4.53. The number of hydrogen-bond acceptors (Lipinski definition) is 6. The van der Waals surface area contributed by atoms with Gasteiger partial charge in [0.2, 0.25) is 0 Å². The zero-order chi connectivity index (χ0) is 38.2. The normalized spacial score (nSPS) is 13.8. The molecule has 54 heavy (non-hydrogen) atoms. The number of halogens is 6. The largest absolute Gasteiger partial charge is 0.295 e. The van der Waals surface area contributed by atoms with Gasteiger partial charge < -0.3 is 0 Å². The molecule has 16 heteroatoms. The van der Waals surface area contributed by atoms with Crippen molar-refractivity contribution in [2.45, 2.75) is 57.3 Å². The van der Waals surface area contributed by atoms with Gasteiger partial charge in [-0.15, -0.1) is 22.7 Å². The molecule has 0 bridgehead atoms. The maximum Gasteiger partial charge on any atom is 0.295 e. The molecule has 4 heterocycles. The maximum atomic E-state index is 16.0.